The summed E-state index contributed by atoms with van der Waals surface area (Å²) >= 11 is 0. The molecule has 0 spiro atoms. The minimum atomic E-state index is -2.70. The monoisotopic (exact) mass is 345 g/mol. The molecule has 1 amide bonds. The standard InChI is InChI=1S/C17H17F2N5O/c1-4-24(17(25)13-9-14(15(18)19)23(3)22-13)16-12-8-6-5-7-11(12)10(2)20-21-16/h5-9,15H,4H2,1-3H3. The largest absolute Gasteiger partial charge is 0.290 e. The van der Waals surface area contributed by atoms with Gasteiger partial charge in [0, 0.05) is 24.4 Å². The van der Waals surface area contributed by atoms with Crippen LogP contribution in [0.15, 0.2) is 30.3 Å². The molecule has 1 aromatic carbocycles. The van der Waals surface area contributed by atoms with Crippen LogP contribution >= 0.6 is 0 Å². The van der Waals surface area contributed by atoms with E-state index in [0.29, 0.717) is 12.4 Å². The first-order valence-corrected chi connectivity index (χ1v) is 7.80. The molecule has 3 rings (SSSR count). The second-order valence-electron chi connectivity index (χ2n) is 5.58. The number of anilines is 1. The molecule has 8 heteroatoms. The highest BCUT2D eigenvalue weighted by atomic mass is 19.3. The molecule has 0 saturated carbocycles. The molecule has 130 valence electrons. The zero-order valence-corrected chi connectivity index (χ0v) is 14.1. The third kappa shape index (κ3) is 2.95. The Labute approximate surface area is 143 Å². The van der Waals surface area contributed by atoms with Crippen LogP contribution in [-0.2, 0) is 7.05 Å². The lowest BCUT2D eigenvalue weighted by atomic mass is 10.1. The molecule has 0 saturated heterocycles. The molecule has 0 unspecified atom stereocenters. The van der Waals surface area contributed by atoms with Crippen LogP contribution < -0.4 is 4.90 Å². The van der Waals surface area contributed by atoms with Crippen LogP contribution in [0.3, 0.4) is 0 Å². The number of fused-ring (bicyclic) bond motifs is 1. The van der Waals surface area contributed by atoms with Gasteiger partial charge in [-0.25, -0.2) is 8.78 Å². The highest BCUT2D eigenvalue weighted by Crippen LogP contribution is 2.27. The summed E-state index contributed by atoms with van der Waals surface area (Å²) in [6.07, 6.45) is -2.70. The number of alkyl halides is 2. The van der Waals surface area contributed by atoms with E-state index < -0.39 is 12.3 Å². The lowest BCUT2D eigenvalue weighted by Crippen LogP contribution is -2.32. The van der Waals surface area contributed by atoms with Crippen molar-refractivity contribution in [1.82, 2.24) is 20.0 Å². The Morgan fingerprint density at radius 2 is 1.92 bits per heavy atom. The first-order chi connectivity index (χ1) is 11.9. The highest BCUT2D eigenvalue weighted by Gasteiger charge is 2.25. The Hall–Kier alpha value is -2.90. The van der Waals surface area contributed by atoms with Crippen molar-refractivity contribution < 1.29 is 13.6 Å². The Balaban J connectivity index is 2.08. The van der Waals surface area contributed by atoms with Gasteiger partial charge in [-0.1, -0.05) is 24.3 Å². The molecule has 3 aromatic rings. The fourth-order valence-corrected chi connectivity index (χ4v) is 2.74. The number of carbonyl (C=O) groups is 1. The van der Waals surface area contributed by atoms with Crippen LogP contribution in [0, 0.1) is 6.92 Å². The zero-order chi connectivity index (χ0) is 18.1. The SMILES string of the molecule is CCN(C(=O)c1cc(C(F)F)n(C)n1)c1nnc(C)c2ccccc12. The summed E-state index contributed by atoms with van der Waals surface area (Å²) in [5.74, 6) is -0.105. The average molecular weight is 345 g/mol. The van der Waals surface area contributed by atoms with Crippen LogP contribution in [0.4, 0.5) is 14.6 Å². The third-order valence-corrected chi connectivity index (χ3v) is 4.03. The first-order valence-electron chi connectivity index (χ1n) is 7.80. The van der Waals surface area contributed by atoms with Crippen molar-refractivity contribution in [2.24, 2.45) is 7.05 Å². The molecule has 0 radical (unpaired) electrons. The number of amides is 1. The summed E-state index contributed by atoms with van der Waals surface area (Å²) in [4.78, 5) is 14.2. The number of aromatic nitrogens is 4. The number of carbonyl (C=O) groups excluding carboxylic acids is 1. The Bertz CT molecular complexity index is 938. The van der Waals surface area contributed by atoms with Gasteiger partial charge in [0.25, 0.3) is 12.3 Å². The predicted molar refractivity (Wildman–Crippen MR) is 89.8 cm³/mol. The average Bonchev–Trinajstić information content (AvgIpc) is 2.99. The molecule has 25 heavy (non-hydrogen) atoms. The summed E-state index contributed by atoms with van der Waals surface area (Å²) in [7, 11) is 1.38. The molecule has 0 atom stereocenters. The predicted octanol–water partition coefficient (Wildman–Crippen LogP) is 3.28. The highest BCUT2D eigenvalue weighted by molar-refractivity contribution is 6.08. The van der Waals surface area contributed by atoms with Crippen molar-refractivity contribution in [3.05, 3.63) is 47.4 Å². The second kappa shape index (κ2) is 6.54. The number of hydrogen-bond donors (Lipinski definition) is 0. The van der Waals surface area contributed by atoms with Gasteiger partial charge in [-0.3, -0.25) is 14.4 Å². The molecular formula is C17H17F2N5O. The number of hydrogen-bond acceptors (Lipinski definition) is 4. The van der Waals surface area contributed by atoms with Gasteiger partial charge in [0.15, 0.2) is 11.5 Å². The number of benzene rings is 1. The maximum atomic E-state index is 13.0. The molecule has 2 heterocycles. The maximum absolute atomic E-state index is 13.0. The van der Waals surface area contributed by atoms with E-state index >= 15 is 0 Å². The molecule has 2 aromatic heterocycles. The van der Waals surface area contributed by atoms with Gasteiger partial charge in [0.05, 0.1) is 5.69 Å². The van der Waals surface area contributed by atoms with E-state index in [0.717, 1.165) is 27.2 Å². The molecule has 6 nitrogen and oxygen atoms in total. The Kier molecular flexibility index (Phi) is 4.43. The molecule has 0 fully saturated rings. The first kappa shape index (κ1) is 16.9. The number of halogens is 2. The van der Waals surface area contributed by atoms with E-state index in [1.165, 1.54) is 11.9 Å². The Morgan fingerprint density at radius 1 is 1.24 bits per heavy atom. The van der Waals surface area contributed by atoms with Crippen molar-refractivity contribution >= 4 is 22.5 Å². The van der Waals surface area contributed by atoms with E-state index in [-0.39, 0.29) is 11.4 Å². The third-order valence-electron chi connectivity index (χ3n) is 4.03. The van der Waals surface area contributed by atoms with Crippen molar-refractivity contribution in [3.8, 4) is 0 Å². The summed E-state index contributed by atoms with van der Waals surface area (Å²) in [5.41, 5.74) is 0.394. The lowest BCUT2D eigenvalue weighted by Gasteiger charge is -2.20. The number of rotatable bonds is 4. The number of nitrogens with zero attached hydrogens (tertiary/aromatic N) is 5. The smallest absolute Gasteiger partial charge is 0.280 e. The van der Waals surface area contributed by atoms with Crippen LogP contribution in [0.1, 0.15) is 35.2 Å². The van der Waals surface area contributed by atoms with Crippen molar-refractivity contribution in [2.45, 2.75) is 20.3 Å². The van der Waals surface area contributed by atoms with Gasteiger partial charge in [0.1, 0.15) is 5.69 Å². The van der Waals surface area contributed by atoms with Crippen molar-refractivity contribution in [2.75, 3.05) is 11.4 Å². The number of aryl methyl sites for hydroxylation is 2. The molecule has 0 aliphatic rings. The van der Waals surface area contributed by atoms with E-state index in [4.69, 9.17) is 0 Å². The van der Waals surface area contributed by atoms with Crippen LogP contribution in [0.25, 0.3) is 10.8 Å². The molecule has 0 aliphatic carbocycles. The fourth-order valence-electron chi connectivity index (χ4n) is 2.74. The van der Waals surface area contributed by atoms with Crippen LogP contribution in [0.5, 0.6) is 0 Å². The molecule has 0 N–H and O–H groups in total. The van der Waals surface area contributed by atoms with E-state index in [9.17, 15) is 13.6 Å². The van der Waals surface area contributed by atoms with Crippen LogP contribution in [-0.4, -0.2) is 32.4 Å². The van der Waals surface area contributed by atoms with Gasteiger partial charge >= 0.3 is 0 Å². The van der Waals surface area contributed by atoms with Gasteiger partial charge in [-0.05, 0) is 19.9 Å². The zero-order valence-electron chi connectivity index (χ0n) is 14.1. The molecular weight excluding hydrogens is 328 g/mol. The summed E-state index contributed by atoms with van der Waals surface area (Å²) < 4.78 is 26.9. The Morgan fingerprint density at radius 3 is 2.52 bits per heavy atom. The maximum Gasteiger partial charge on any atom is 0.280 e. The minimum Gasteiger partial charge on any atom is -0.290 e. The van der Waals surface area contributed by atoms with E-state index in [2.05, 4.69) is 15.3 Å². The van der Waals surface area contributed by atoms with Crippen molar-refractivity contribution in [1.29, 1.82) is 0 Å². The molecule has 0 aliphatic heterocycles. The molecule has 0 bridgehead atoms. The normalized spacial score (nSPS) is 11.3. The topological polar surface area (TPSA) is 63.9 Å². The van der Waals surface area contributed by atoms with Gasteiger partial charge < -0.3 is 0 Å². The van der Waals surface area contributed by atoms with E-state index in [1.54, 1.807) is 6.92 Å². The second-order valence-corrected chi connectivity index (χ2v) is 5.58. The van der Waals surface area contributed by atoms with E-state index in [1.807, 2.05) is 31.2 Å². The van der Waals surface area contributed by atoms with Gasteiger partial charge in [-0.15, -0.1) is 5.10 Å². The van der Waals surface area contributed by atoms with Gasteiger partial charge in [-0.2, -0.15) is 10.2 Å². The fraction of sp³-hybridized carbons (Fsp3) is 0.294. The summed E-state index contributed by atoms with van der Waals surface area (Å²) in [6, 6.07) is 8.59. The van der Waals surface area contributed by atoms with Crippen molar-refractivity contribution in [3.63, 3.8) is 0 Å². The summed E-state index contributed by atoms with van der Waals surface area (Å²) in [5, 5.41) is 13.9. The van der Waals surface area contributed by atoms with Crippen LogP contribution in [0.2, 0.25) is 0 Å². The lowest BCUT2D eigenvalue weighted by molar-refractivity contribution is 0.0982. The summed E-state index contributed by atoms with van der Waals surface area (Å²) in [6.45, 7) is 3.93. The van der Waals surface area contributed by atoms with Gasteiger partial charge in [0.2, 0.25) is 0 Å². The minimum absolute atomic E-state index is 0.0499. The quantitative estimate of drug-likeness (QED) is 0.728.